The molecule has 0 spiro atoms. The van der Waals surface area contributed by atoms with Crippen molar-refractivity contribution >= 4 is 11.8 Å². The molecule has 1 aliphatic rings. The molecule has 0 bridgehead atoms. The fraction of sp³-hybridized carbons (Fsp3) is 0.625. The van der Waals surface area contributed by atoms with Gasteiger partial charge in [-0.05, 0) is 39.8 Å². The zero-order valence-electron chi connectivity index (χ0n) is 13.8. The molecular weight excluding hydrogens is 282 g/mol. The molecule has 0 aromatic carbocycles. The molecule has 6 nitrogen and oxygen atoms in total. The van der Waals surface area contributed by atoms with Crippen LogP contribution in [0.4, 0.5) is 0 Å². The highest BCUT2D eigenvalue weighted by molar-refractivity contribution is 5.91. The predicted octanol–water partition coefficient (Wildman–Crippen LogP) is 1.34. The van der Waals surface area contributed by atoms with Crippen LogP contribution in [-0.4, -0.2) is 59.4 Å². The molecule has 0 aliphatic carbocycles. The number of nitrogens with zero attached hydrogens (tertiary/aromatic N) is 2. The van der Waals surface area contributed by atoms with Crippen molar-refractivity contribution in [3.8, 4) is 0 Å². The zero-order valence-corrected chi connectivity index (χ0v) is 13.8. The normalized spacial score (nSPS) is 18.1. The molecule has 1 fully saturated rings. The summed E-state index contributed by atoms with van der Waals surface area (Å²) in [4.78, 5) is 28.3. The van der Waals surface area contributed by atoms with Crippen molar-refractivity contribution in [1.29, 1.82) is 0 Å². The molecule has 1 atom stereocenters. The molecule has 1 aromatic rings. The topological polar surface area (TPSA) is 65.8 Å². The number of carbonyl (C=O) groups is 2. The summed E-state index contributed by atoms with van der Waals surface area (Å²) >= 11 is 0. The van der Waals surface area contributed by atoms with E-state index in [0.717, 1.165) is 0 Å². The largest absolute Gasteiger partial charge is 0.459 e. The Labute approximate surface area is 131 Å². The lowest BCUT2D eigenvalue weighted by atomic mass is 10.1. The maximum absolute atomic E-state index is 12.2. The first-order valence-electron chi connectivity index (χ1n) is 7.67. The second-order valence-corrected chi connectivity index (χ2v) is 6.72. The molecule has 2 rings (SSSR count). The molecule has 1 aliphatic heterocycles. The molecule has 22 heavy (non-hydrogen) atoms. The van der Waals surface area contributed by atoms with Crippen LogP contribution in [0.1, 0.15) is 38.2 Å². The Hall–Kier alpha value is -1.82. The Morgan fingerprint density at radius 2 is 1.86 bits per heavy atom. The van der Waals surface area contributed by atoms with E-state index in [0.29, 0.717) is 31.9 Å². The SMILES string of the molecule is CC(C(=O)NC(C)(C)C)N1CCN(C(=O)c2ccco2)CC1. The van der Waals surface area contributed by atoms with Gasteiger partial charge in [-0.15, -0.1) is 0 Å². The number of nitrogens with one attached hydrogen (secondary N) is 1. The average Bonchev–Trinajstić information content (AvgIpc) is 2.98. The van der Waals surface area contributed by atoms with Crippen LogP contribution in [-0.2, 0) is 4.79 Å². The number of furan rings is 1. The van der Waals surface area contributed by atoms with Crippen molar-refractivity contribution in [3.05, 3.63) is 24.2 Å². The Morgan fingerprint density at radius 1 is 1.23 bits per heavy atom. The van der Waals surface area contributed by atoms with E-state index in [4.69, 9.17) is 4.42 Å². The third kappa shape index (κ3) is 4.10. The summed E-state index contributed by atoms with van der Waals surface area (Å²) in [5.74, 6) is 0.307. The lowest BCUT2D eigenvalue weighted by molar-refractivity contribution is -0.127. The first-order chi connectivity index (χ1) is 10.3. The Kier molecular flexibility index (Phi) is 4.90. The summed E-state index contributed by atoms with van der Waals surface area (Å²) in [5.41, 5.74) is -0.234. The molecule has 1 N–H and O–H groups in total. The van der Waals surface area contributed by atoms with Gasteiger partial charge >= 0.3 is 0 Å². The molecule has 0 radical (unpaired) electrons. The highest BCUT2D eigenvalue weighted by Gasteiger charge is 2.29. The zero-order chi connectivity index (χ0) is 16.3. The van der Waals surface area contributed by atoms with Gasteiger partial charge in [0.15, 0.2) is 5.76 Å². The number of hydrogen-bond donors (Lipinski definition) is 1. The van der Waals surface area contributed by atoms with Crippen molar-refractivity contribution in [2.45, 2.75) is 39.3 Å². The van der Waals surface area contributed by atoms with Crippen molar-refractivity contribution in [1.82, 2.24) is 15.1 Å². The van der Waals surface area contributed by atoms with Crippen LogP contribution in [0, 0.1) is 0 Å². The quantitative estimate of drug-likeness (QED) is 0.915. The van der Waals surface area contributed by atoms with Gasteiger partial charge in [-0.2, -0.15) is 0 Å². The summed E-state index contributed by atoms with van der Waals surface area (Å²) in [5, 5.41) is 3.00. The third-order valence-electron chi connectivity index (χ3n) is 3.76. The van der Waals surface area contributed by atoms with E-state index in [1.54, 1.807) is 17.0 Å². The second-order valence-electron chi connectivity index (χ2n) is 6.72. The van der Waals surface area contributed by atoms with E-state index in [9.17, 15) is 9.59 Å². The van der Waals surface area contributed by atoms with Crippen LogP contribution in [0.15, 0.2) is 22.8 Å². The van der Waals surface area contributed by atoms with E-state index in [2.05, 4.69) is 10.2 Å². The number of rotatable bonds is 3. The van der Waals surface area contributed by atoms with Crippen LogP contribution >= 0.6 is 0 Å². The number of amides is 2. The molecule has 122 valence electrons. The summed E-state index contributed by atoms with van der Waals surface area (Å²) < 4.78 is 5.15. The van der Waals surface area contributed by atoms with Crippen molar-refractivity contribution in [3.63, 3.8) is 0 Å². The van der Waals surface area contributed by atoms with Gasteiger partial charge < -0.3 is 14.6 Å². The highest BCUT2D eigenvalue weighted by Crippen LogP contribution is 2.12. The average molecular weight is 307 g/mol. The van der Waals surface area contributed by atoms with Crippen LogP contribution in [0.2, 0.25) is 0 Å². The smallest absolute Gasteiger partial charge is 0.289 e. The van der Waals surface area contributed by atoms with Crippen LogP contribution < -0.4 is 5.32 Å². The first kappa shape index (κ1) is 16.5. The molecule has 1 aromatic heterocycles. The van der Waals surface area contributed by atoms with E-state index in [1.807, 2.05) is 27.7 Å². The maximum atomic E-state index is 12.2. The van der Waals surface area contributed by atoms with Crippen LogP contribution in [0.5, 0.6) is 0 Å². The van der Waals surface area contributed by atoms with Crippen molar-refractivity contribution < 1.29 is 14.0 Å². The van der Waals surface area contributed by atoms with Crippen LogP contribution in [0.25, 0.3) is 0 Å². The number of carbonyl (C=O) groups excluding carboxylic acids is 2. The van der Waals surface area contributed by atoms with Gasteiger partial charge in [-0.3, -0.25) is 14.5 Å². The minimum atomic E-state index is -0.234. The van der Waals surface area contributed by atoms with Gasteiger partial charge in [0.25, 0.3) is 5.91 Å². The maximum Gasteiger partial charge on any atom is 0.289 e. The van der Waals surface area contributed by atoms with Crippen molar-refractivity contribution in [2.75, 3.05) is 26.2 Å². The Balaban J connectivity index is 1.86. The van der Waals surface area contributed by atoms with Gasteiger partial charge in [-0.1, -0.05) is 0 Å². The van der Waals surface area contributed by atoms with Gasteiger partial charge in [0.1, 0.15) is 0 Å². The molecule has 1 unspecified atom stereocenters. The summed E-state index contributed by atoms with van der Waals surface area (Å²) in [6, 6.07) is 3.19. The van der Waals surface area contributed by atoms with Crippen LogP contribution in [0.3, 0.4) is 0 Å². The minimum Gasteiger partial charge on any atom is -0.459 e. The second kappa shape index (κ2) is 6.52. The fourth-order valence-electron chi connectivity index (χ4n) is 2.51. The predicted molar refractivity (Wildman–Crippen MR) is 83.5 cm³/mol. The summed E-state index contributed by atoms with van der Waals surface area (Å²) in [7, 11) is 0. The van der Waals surface area contributed by atoms with E-state index in [-0.39, 0.29) is 23.4 Å². The molecule has 2 heterocycles. The molecular formula is C16H25N3O3. The van der Waals surface area contributed by atoms with Gasteiger partial charge in [0, 0.05) is 31.7 Å². The fourth-order valence-corrected chi connectivity index (χ4v) is 2.51. The highest BCUT2D eigenvalue weighted by atomic mass is 16.3. The Morgan fingerprint density at radius 3 is 2.36 bits per heavy atom. The number of hydrogen-bond acceptors (Lipinski definition) is 4. The minimum absolute atomic E-state index is 0.0262. The summed E-state index contributed by atoms with van der Waals surface area (Å²) in [6.45, 7) is 10.4. The standard InChI is InChI=1S/C16H25N3O3/c1-12(14(20)17-16(2,3)4)18-7-9-19(10-8-18)15(21)13-6-5-11-22-13/h5-6,11-12H,7-10H2,1-4H3,(H,17,20). The Bertz CT molecular complexity index is 511. The van der Waals surface area contributed by atoms with E-state index >= 15 is 0 Å². The first-order valence-corrected chi connectivity index (χ1v) is 7.67. The van der Waals surface area contributed by atoms with Gasteiger partial charge in [0.05, 0.1) is 12.3 Å². The third-order valence-corrected chi connectivity index (χ3v) is 3.76. The molecule has 2 amide bonds. The van der Waals surface area contributed by atoms with Gasteiger partial charge in [0.2, 0.25) is 5.91 Å². The van der Waals surface area contributed by atoms with E-state index < -0.39 is 0 Å². The molecule has 0 saturated carbocycles. The molecule has 1 saturated heterocycles. The van der Waals surface area contributed by atoms with Crippen molar-refractivity contribution in [2.24, 2.45) is 0 Å². The van der Waals surface area contributed by atoms with E-state index in [1.165, 1.54) is 6.26 Å². The van der Waals surface area contributed by atoms with Gasteiger partial charge in [-0.25, -0.2) is 0 Å². The lowest BCUT2D eigenvalue weighted by Crippen LogP contribution is -2.56. The molecule has 6 heteroatoms. The monoisotopic (exact) mass is 307 g/mol. The number of piperazine rings is 1. The lowest BCUT2D eigenvalue weighted by Gasteiger charge is -2.38. The summed E-state index contributed by atoms with van der Waals surface area (Å²) in [6.07, 6.45) is 1.50.